The van der Waals surface area contributed by atoms with Crippen LogP contribution in [0.2, 0.25) is 0 Å². The first-order valence-electron chi connectivity index (χ1n) is 5.95. The molecule has 2 atom stereocenters. The number of aromatic nitrogens is 2. The van der Waals surface area contributed by atoms with Crippen LogP contribution in [0.25, 0.3) is 10.9 Å². The van der Waals surface area contributed by atoms with E-state index >= 15 is 0 Å². The van der Waals surface area contributed by atoms with E-state index in [0.29, 0.717) is 6.04 Å². The minimum atomic E-state index is -0.198. The first kappa shape index (κ1) is 10.6. The molecule has 1 aliphatic rings. The van der Waals surface area contributed by atoms with Crippen LogP contribution in [0.3, 0.4) is 0 Å². The Labute approximate surface area is 100 Å². The maximum Gasteiger partial charge on any atom is 0.0670 e. The van der Waals surface area contributed by atoms with Crippen molar-refractivity contribution in [1.29, 1.82) is 0 Å². The second kappa shape index (κ2) is 3.47. The number of hydrogen-bond acceptors (Lipinski definition) is 3. The largest absolute Gasteiger partial charge is 0.392 e. The lowest BCUT2D eigenvalue weighted by atomic mass is 9.64. The van der Waals surface area contributed by atoms with Crippen molar-refractivity contribution in [3.05, 3.63) is 24.4 Å². The molecule has 2 unspecified atom stereocenters. The summed E-state index contributed by atoms with van der Waals surface area (Å²) < 4.78 is 0. The molecule has 0 saturated heterocycles. The molecule has 0 spiro atoms. The summed E-state index contributed by atoms with van der Waals surface area (Å²) in [6, 6.07) is 6.49. The average Bonchev–Trinajstić information content (AvgIpc) is 2.76. The van der Waals surface area contributed by atoms with Crippen molar-refractivity contribution in [2.24, 2.45) is 5.41 Å². The summed E-state index contributed by atoms with van der Waals surface area (Å²) >= 11 is 0. The fourth-order valence-electron chi connectivity index (χ4n) is 2.38. The highest BCUT2D eigenvalue weighted by Gasteiger charge is 2.47. The van der Waals surface area contributed by atoms with E-state index in [-0.39, 0.29) is 11.5 Å². The molecule has 1 heterocycles. The van der Waals surface area contributed by atoms with Crippen LogP contribution >= 0.6 is 0 Å². The SMILES string of the molecule is CC1(C)C(O)CC1Nc1ccc2cn[nH]c2c1. The van der Waals surface area contributed by atoms with Crippen LogP contribution in [0.15, 0.2) is 24.4 Å². The monoisotopic (exact) mass is 231 g/mol. The Hall–Kier alpha value is -1.55. The summed E-state index contributed by atoms with van der Waals surface area (Å²) in [6.45, 7) is 4.18. The maximum atomic E-state index is 9.71. The van der Waals surface area contributed by atoms with Gasteiger partial charge in [-0.2, -0.15) is 5.10 Å². The van der Waals surface area contributed by atoms with Gasteiger partial charge in [-0.3, -0.25) is 5.10 Å². The third-order valence-corrected chi connectivity index (χ3v) is 4.00. The molecule has 0 aliphatic heterocycles. The van der Waals surface area contributed by atoms with E-state index in [0.717, 1.165) is 23.0 Å². The molecule has 17 heavy (non-hydrogen) atoms. The molecular weight excluding hydrogens is 214 g/mol. The summed E-state index contributed by atoms with van der Waals surface area (Å²) in [5.74, 6) is 0. The highest BCUT2D eigenvalue weighted by atomic mass is 16.3. The third kappa shape index (κ3) is 1.60. The number of fused-ring (bicyclic) bond motifs is 1. The molecule has 1 saturated carbocycles. The van der Waals surface area contributed by atoms with Gasteiger partial charge in [-0.05, 0) is 24.6 Å². The van der Waals surface area contributed by atoms with Gasteiger partial charge in [0.1, 0.15) is 0 Å². The third-order valence-electron chi connectivity index (χ3n) is 4.00. The number of H-pyrrole nitrogens is 1. The molecule has 1 aromatic carbocycles. The number of benzene rings is 1. The first-order valence-corrected chi connectivity index (χ1v) is 5.95. The molecule has 4 nitrogen and oxygen atoms in total. The molecule has 1 aliphatic carbocycles. The number of nitrogens with zero attached hydrogens (tertiary/aromatic N) is 1. The molecule has 1 aromatic heterocycles. The lowest BCUT2D eigenvalue weighted by molar-refractivity contribution is -0.0510. The lowest BCUT2D eigenvalue weighted by Gasteiger charge is -2.49. The number of aromatic amines is 1. The van der Waals surface area contributed by atoms with E-state index in [1.54, 1.807) is 0 Å². The minimum Gasteiger partial charge on any atom is -0.392 e. The Morgan fingerprint density at radius 3 is 3.00 bits per heavy atom. The molecule has 3 N–H and O–H groups in total. The Bertz CT molecular complexity index is 546. The number of aliphatic hydroxyl groups is 1. The van der Waals surface area contributed by atoms with E-state index in [1.165, 1.54) is 0 Å². The van der Waals surface area contributed by atoms with Crippen molar-refractivity contribution in [3.63, 3.8) is 0 Å². The Kier molecular flexibility index (Phi) is 2.16. The van der Waals surface area contributed by atoms with Crippen molar-refractivity contribution in [3.8, 4) is 0 Å². The van der Waals surface area contributed by atoms with Crippen LogP contribution < -0.4 is 5.32 Å². The number of nitrogens with one attached hydrogen (secondary N) is 2. The highest BCUT2D eigenvalue weighted by molar-refractivity contribution is 5.81. The fourth-order valence-corrected chi connectivity index (χ4v) is 2.38. The van der Waals surface area contributed by atoms with Crippen LogP contribution in [0.1, 0.15) is 20.3 Å². The van der Waals surface area contributed by atoms with Gasteiger partial charge in [0.25, 0.3) is 0 Å². The summed E-state index contributed by atoms with van der Waals surface area (Å²) in [4.78, 5) is 0. The van der Waals surface area contributed by atoms with Gasteiger partial charge in [-0.25, -0.2) is 0 Å². The predicted octanol–water partition coefficient (Wildman–Crippen LogP) is 2.13. The number of hydrogen-bond donors (Lipinski definition) is 3. The Morgan fingerprint density at radius 2 is 2.29 bits per heavy atom. The lowest BCUT2D eigenvalue weighted by Crippen LogP contribution is -2.56. The molecule has 3 rings (SSSR count). The average molecular weight is 231 g/mol. The van der Waals surface area contributed by atoms with Crippen molar-refractivity contribution in [2.75, 3.05) is 5.32 Å². The molecule has 2 aromatic rings. The van der Waals surface area contributed by atoms with E-state index in [4.69, 9.17) is 0 Å². The Balaban J connectivity index is 1.81. The molecule has 4 heteroatoms. The van der Waals surface area contributed by atoms with Gasteiger partial charge < -0.3 is 10.4 Å². The number of rotatable bonds is 2. The summed E-state index contributed by atoms with van der Waals surface area (Å²) in [5.41, 5.74) is 2.06. The van der Waals surface area contributed by atoms with Gasteiger partial charge in [0.05, 0.1) is 17.8 Å². The summed E-state index contributed by atoms with van der Waals surface area (Å²) in [7, 11) is 0. The zero-order valence-electron chi connectivity index (χ0n) is 10.1. The normalized spacial score (nSPS) is 26.8. The van der Waals surface area contributed by atoms with Crippen molar-refractivity contribution < 1.29 is 5.11 Å². The van der Waals surface area contributed by atoms with E-state index in [2.05, 4.69) is 41.5 Å². The quantitative estimate of drug-likeness (QED) is 0.742. The van der Waals surface area contributed by atoms with Crippen LogP contribution in [-0.4, -0.2) is 27.4 Å². The van der Waals surface area contributed by atoms with Gasteiger partial charge >= 0.3 is 0 Å². The topological polar surface area (TPSA) is 60.9 Å². The molecule has 0 bridgehead atoms. The minimum absolute atomic E-state index is 0.0526. The number of anilines is 1. The molecule has 1 fully saturated rings. The fraction of sp³-hybridized carbons (Fsp3) is 0.462. The highest BCUT2D eigenvalue weighted by Crippen LogP contribution is 2.42. The zero-order valence-corrected chi connectivity index (χ0v) is 10.1. The second-order valence-corrected chi connectivity index (χ2v) is 5.44. The van der Waals surface area contributed by atoms with E-state index in [1.807, 2.05) is 12.3 Å². The van der Waals surface area contributed by atoms with Crippen LogP contribution in [0.4, 0.5) is 5.69 Å². The van der Waals surface area contributed by atoms with Crippen molar-refractivity contribution >= 4 is 16.6 Å². The van der Waals surface area contributed by atoms with Gasteiger partial charge in [0.2, 0.25) is 0 Å². The zero-order chi connectivity index (χ0) is 12.0. The predicted molar refractivity (Wildman–Crippen MR) is 67.9 cm³/mol. The standard InChI is InChI=1S/C13H17N3O/c1-13(2)11(6-12(13)17)15-9-4-3-8-7-14-16-10(8)5-9/h3-5,7,11-12,15,17H,6H2,1-2H3,(H,14,16). The van der Waals surface area contributed by atoms with E-state index < -0.39 is 0 Å². The Morgan fingerprint density at radius 1 is 1.47 bits per heavy atom. The van der Waals surface area contributed by atoms with Gasteiger partial charge in [-0.15, -0.1) is 0 Å². The van der Waals surface area contributed by atoms with Crippen LogP contribution in [0.5, 0.6) is 0 Å². The number of aliphatic hydroxyl groups excluding tert-OH is 1. The molecule has 90 valence electrons. The maximum absolute atomic E-state index is 9.71. The smallest absolute Gasteiger partial charge is 0.0670 e. The summed E-state index contributed by atoms with van der Waals surface area (Å²) in [6.07, 6.45) is 2.43. The summed E-state index contributed by atoms with van der Waals surface area (Å²) in [5, 5.41) is 21.3. The molecular formula is C13H17N3O. The van der Waals surface area contributed by atoms with E-state index in [9.17, 15) is 5.11 Å². The van der Waals surface area contributed by atoms with Gasteiger partial charge in [0.15, 0.2) is 0 Å². The van der Waals surface area contributed by atoms with Gasteiger partial charge in [-0.1, -0.05) is 13.8 Å². The van der Waals surface area contributed by atoms with Crippen molar-refractivity contribution in [1.82, 2.24) is 10.2 Å². The second-order valence-electron chi connectivity index (χ2n) is 5.44. The molecule has 0 radical (unpaired) electrons. The van der Waals surface area contributed by atoms with Crippen molar-refractivity contribution in [2.45, 2.75) is 32.4 Å². The van der Waals surface area contributed by atoms with Crippen LogP contribution in [-0.2, 0) is 0 Å². The van der Waals surface area contributed by atoms with Crippen LogP contribution in [0, 0.1) is 5.41 Å². The van der Waals surface area contributed by atoms with Gasteiger partial charge in [0, 0.05) is 22.5 Å². The molecule has 0 amide bonds. The first-order chi connectivity index (χ1) is 8.07.